The summed E-state index contributed by atoms with van der Waals surface area (Å²) in [6, 6.07) is 27.7. The normalized spacial score (nSPS) is 12.7. The minimum atomic E-state index is -4.20. The minimum absolute atomic E-state index is 0.0563. The molecule has 0 aromatic heterocycles. The van der Waals surface area contributed by atoms with Crippen LogP contribution in [0.1, 0.15) is 48.1 Å². The van der Waals surface area contributed by atoms with Crippen molar-refractivity contribution in [3.05, 3.63) is 130 Å². The van der Waals surface area contributed by atoms with E-state index < -0.39 is 28.5 Å². The first kappa shape index (κ1) is 34.7. The molecule has 0 fully saturated rings. The van der Waals surface area contributed by atoms with Gasteiger partial charge in [0.1, 0.15) is 12.6 Å². The number of carbonyl (C=O) groups excluding carboxylic acids is 2. The van der Waals surface area contributed by atoms with Crippen LogP contribution in [0.5, 0.6) is 0 Å². The molecule has 0 heterocycles. The Labute approximate surface area is 278 Å². The van der Waals surface area contributed by atoms with E-state index in [1.54, 1.807) is 37.3 Å². The number of hydrogen-bond acceptors (Lipinski definition) is 4. The van der Waals surface area contributed by atoms with Crippen LogP contribution < -0.4 is 9.62 Å². The molecular formula is C37H42ClN3O4S. The molecule has 4 aromatic carbocycles. The van der Waals surface area contributed by atoms with Gasteiger partial charge in [0.05, 0.1) is 10.6 Å². The summed E-state index contributed by atoms with van der Waals surface area (Å²) in [7, 11) is -4.20. The number of hydrogen-bond donors (Lipinski definition) is 1. The quantitative estimate of drug-likeness (QED) is 0.167. The Morgan fingerprint density at radius 3 is 2.13 bits per heavy atom. The average Bonchev–Trinajstić information content (AvgIpc) is 3.02. The first-order chi connectivity index (χ1) is 21.9. The molecule has 0 radical (unpaired) electrons. The van der Waals surface area contributed by atoms with Gasteiger partial charge in [0, 0.05) is 24.0 Å². The Morgan fingerprint density at radius 1 is 0.826 bits per heavy atom. The highest BCUT2D eigenvalue weighted by Gasteiger charge is 2.35. The van der Waals surface area contributed by atoms with Gasteiger partial charge >= 0.3 is 0 Å². The zero-order valence-corrected chi connectivity index (χ0v) is 28.6. The number of aryl methyl sites for hydroxylation is 3. The Bertz CT molecular complexity index is 1760. The molecule has 0 aliphatic heterocycles. The van der Waals surface area contributed by atoms with E-state index >= 15 is 0 Å². The molecule has 0 aliphatic carbocycles. The lowest BCUT2D eigenvalue weighted by atomic mass is 10.0. The highest BCUT2D eigenvalue weighted by Crippen LogP contribution is 2.30. The van der Waals surface area contributed by atoms with Crippen molar-refractivity contribution < 1.29 is 18.0 Å². The molecule has 2 unspecified atom stereocenters. The fourth-order valence-corrected chi connectivity index (χ4v) is 6.96. The SMILES string of the molecule is CCC(C)NC(=O)C(Cc1ccccc1)N(Cc1cccc(C)c1)C(=O)CN(c1ccc(Cl)cc1C)S(=O)(=O)c1ccc(C)cc1. The van der Waals surface area contributed by atoms with Crippen molar-refractivity contribution in [2.45, 2.75) is 71.0 Å². The third-order valence-corrected chi connectivity index (χ3v) is 10.0. The van der Waals surface area contributed by atoms with Gasteiger partial charge in [0.25, 0.3) is 10.0 Å². The molecule has 1 N–H and O–H groups in total. The topological polar surface area (TPSA) is 86.8 Å². The molecule has 0 bridgehead atoms. The molecule has 9 heteroatoms. The molecule has 4 rings (SSSR count). The standard InChI is InChI=1S/C37H42ClN3O4S/c1-6-29(5)39-37(43)35(23-30-12-8-7-9-13-30)40(24-31-14-10-11-27(3)21-31)36(42)25-41(34-20-17-32(38)22-28(34)4)46(44,45)33-18-15-26(2)16-19-33/h7-22,29,35H,6,23-25H2,1-5H3,(H,39,43). The highest BCUT2D eigenvalue weighted by molar-refractivity contribution is 7.92. The van der Waals surface area contributed by atoms with E-state index in [1.165, 1.54) is 17.0 Å². The Kier molecular flexibility index (Phi) is 11.7. The van der Waals surface area contributed by atoms with E-state index in [4.69, 9.17) is 11.6 Å². The summed E-state index contributed by atoms with van der Waals surface area (Å²) in [5.41, 5.74) is 4.55. The van der Waals surface area contributed by atoms with Crippen LogP contribution in [0.3, 0.4) is 0 Å². The second-order valence-corrected chi connectivity index (χ2v) is 14.1. The zero-order valence-electron chi connectivity index (χ0n) is 27.0. The molecule has 0 spiro atoms. The van der Waals surface area contributed by atoms with Crippen LogP contribution in [0.2, 0.25) is 5.02 Å². The van der Waals surface area contributed by atoms with Gasteiger partial charge in [-0.25, -0.2) is 8.42 Å². The van der Waals surface area contributed by atoms with Crippen molar-refractivity contribution in [3.8, 4) is 0 Å². The van der Waals surface area contributed by atoms with Gasteiger partial charge in [-0.2, -0.15) is 0 Å². The van der Waals surface area contributed by atoms with Crippen molar-refractivity contribution in [1.29, 1.82) is 0 Å². The molecule has 46 heavy (non-hydrogen) atoms. The van der Waals surface area contributed by atoms with Gasteiger partial charge in [0.15, 0.2) is 0 Å². The monoisotopic (exact) mass is 659 g/mol. The molecule has 2 amide bonds. The van der Waals surface area contributed by atoms with E-state index in [-0.39, 0.29) is 29.8 Å². The molecule has 242 valence electrons. The molecular weight excluding hydrogens is 618 g/mol. The molecule has 0 aliphatic rings. The molecule has 0 saturated carbocycles. The highest BCUT2D eigenvalue weighted by atomic mass is 35.5. The van der Waals surface area contributed by atoms with Gasteiger partial charge in [-0.3, -0.25) is 13.9 Å². The van der Waals surface area contributed by atoms with Crippen LogP contribution in [0.15, 0.2) is 102 Å². The predicted octanol–water partition coefficient (Wildman–Crippen LogP) is 7.02. The molecule has 7 nitrogen and oxygen atoms in total. The number of amides is 2. The molecule has 0 saturated heterocycles. The van der Waals surface area contributed by atoms with Crippen LogP contribution in [0.4, 0.5) is 5.69 Å². The van der Waals surface area contributed by atoms with Crippen LogP contribution in [-0.2, 0) is 32.6 Å². The maximum absolute atomic E-state index is 14.6. The van der Waals surface area contributed by atoms with Crippen molar-refractivity contribution >= 4 is 39.1 Å². The summed E-state index contributed by atoms with van der Waals surface area (Å²) in [6.45, 7) is 9.09. The molecule has 2 atom stereocenters. The van der Waals surface area contributed by atoms with Gasteiger partial charge in [0.2, 0.25) is 11.8 Å². The fraction of sp³-hybridized carbons (Fsp3) is 0.297. The third kappa shape index (κ3) is 8.77. The lowest BCUT2D eigenvalue weighted by molar-refractivity contribution is -0.140. The number of nitrogens with one attached hydrogen (secondary N) is 1. The van der Waals surface area contributed by atoms with Crippen molar-refractivity contribution in [1.82, 2.24) is 10.2 Å². The first-order valence-electron chi connectivity index (χ1n) is 15.4. The van der Waals surface area contributed by atoms with Gasteiger partial charge in [-0.05, 0) is 81.1 Å². The molecule has 4 aromatic rings. The summed E-state index contributed by atoms with van der Waals surface area (Å²) in [4.78, 5) is 30.2. The smallest absolute Gasteiger partial charge is 0.264 e. The van der Waals surface area contributed by atoms with Gasteiger partial charge < -0.3 is 10.2 Å². The lowest BCUT2D eigenvalue weighted by Gasteiger charge is -2.34. The van der Waals surface area contributed by atoms with Gasteiger partial charge in [-0.1, -0.05) is 96.4 Å². The Balaban J connectivity index is 1.83. The summed E-state index contributed by atoms with van der Waals surface area (Å²) in [5, 5.41) is 3.51. The average molecular weight is 660 g/mol. The van der Waals surface area contributed by atoms with E-state index in [9.17, 15) is 18.0 Å². The zero-order chi connectivity index (χ0) is 33.4. The van der Waals surface area contributed by atoms with Crippen molar-refractivity contribution in [2.24, 2.45) is 0 Å². The number of halogens is 1. The fourth-order valence-electron chi connectivity index (χ4n) is 5.25. The predicted molar refractivity (Wildman–Crippen MR) is 185 cm³/mol. The van der Waals surface area contributed by atoms with E-state index in [2.05, 4.69) is 5.32 Å². The van der Waals surface area contributed by atoms with Crippen LogP contribution in [-0.4, -0.2) is 43.8 Å². The maximum Gasteiger partial charge on any atom is 0.264 e. The number of nitrogens with zero attached hydrogens (tertiary/aromatic N) is 2. The van der Waals surface area contributed by atoms with Gasteiger partial charge in [-0.15, -0.1) is 0 Å². The summed E-state index contributed by atoms with van der Waals surface area (Å²) >= 11 is 6.25. The summed E-state index contributed by atoms with van der Waals surface area (Å²) in [5.74, 6) is -0.804. The third-order valence-electron chi connectivity index (χ3n) is 8.02. The second-order valence-electron chi connectivity index (χ2n) is 11.8. The number of carbonyl (C=O) groups is 2. The minimum Gasteiger partial charge on any atom is -0.352 e. The Hall–Kier alpha value is -4.14. The van der Waals surface area contributed by atoms with Crippen molar-refractivity contribution in [3.63, 3.8) is 0 Å². The maximum atomic E-state index is 14.6. The Morgan fingerprint density at radius 2 is 1.50 bits per heavy atom. The van der Waals surface area contributed by atoms with Crippen molar-refractivity contribution in [2.75, 3.05) is 10.8 Å². The first-order valence-corrected chi connectivity index (χ1v) is 17.3. The number of anilines is 1. The van der Waals surface area contributed by atoms with Crippen LogP contribution >= 0.6 is 11.6 Å². The summed E-state index contributed by atoms with van der Waals surface area (Å²) in [6.07, 6.45) is 0.972. The van der Waals surface area contributed by atoms with E-state index in [0.717, 1.165) is 26.6 Å². The van der Waals surface area contributed by atoms with E-state index in [0.29, 0.717) is 22.7 Å². The lowest BCUT2D eigenvalue weighted by Crippen LogP contribution is -2.54. The van der Waals surface area contributed by atoms with Crippen LogP contribution in [0.25, 0.3) is 0 Å². The number of sulfonamides is 1. The number of benzene rings is 4. The van der Waals surface area contributed by atoms with Crippen LogP contribution in [0, 0.1) is 20.8 Å². The van der Waals surface area contributed by atoms with E-state index in [1.807, 2.05) is 82.3 Å². The summed E-state index contributed by atoms with van der Waals surface area (Å²) < 4.78 is 29.7. The second kappa shape index (κ2) is 15.4. The number of rotatable bonds is 13. The largest absolute Gasteiger partial charge is 0.352 e.